The van der Waals surface area contributed by atoms with Gasteiger partial charge >= 0.3 is 5.97 Å². The highest BCUT2D eigenvalue weighted by atomic mass is 32.2. The van der Waals surface area contributed by atoms with Gasteiger partial charge in [-0.05, 0) is 44.0 Å². The lowest BCUT2D eigenvalue weighted by Crippen LogP contribution is -2.48. The van der Waals surface area contributed by atoms with E-state index in [-0.39, 0.29) is 10.6 Å². The Morgan fingerprint density at radius 2 is 1.95 bits per heavy atom. The molecule has 0 saturated carbocycles. The Morgan fingerprint density at radius 3 is 2.45 bits per heavy atom. The molecule has 0 aromatic heterocycles. The second kappa shape index (κ2) is 5.09. The molecule has 110 valence electrons. The summed E-state index contributed by atoms with van der Waals surface area (Å²) in [6, 6.07) is 6.48. The molecule has 5 nitrogen and oxygen atoms in total. The highest BCUT2D eigenvalue weighted by molar-refractivity contribution is 7.91. The van der Waals surface area contributed by atoms with Gasteiger partial charge in [0.2, 0.25) is 0 Å². The van der Waals surface area contributed by atoms with Gasteiger partial charge in [0.15, 0.2) is 9.84 Å². The number of sulfone groups is 1. The highest BCUT2D eigenvalue weighted by Gasteiger charge is 2.43. The number of hydrogen-bond acceptors (Lipinski definition) is 4. The maximum absolute atomic E-state index is 11.8. The molecule has 1 aromatic carbocycles. The fourth-order valence-electron chi connectivity index (χ4n) is 2.60. The second-order valence-electron chi connectivity index (χ2n) is 5.23. The number of nitrogens with zero attached hydrogens (tertiary/aromatic N) is 1. The summed E-state index contributed by atoms with van der Waals surface area (Å²) in [6.07, 6.45) is 1.41. The monoisotopic (exact) mass is 297 g/mol. The van der Waals surface area contributed by atoms with Crippen molar-refractivity contribution in [2.24, 2.45) is 0 Å². The minimum atomic E-state index is -3.22. The fourth-order valence-corrected chi connectivity index (χ4v) is 3.48. The first-order chi connectivity index (χ1) is 9.31. The molecule has 0 spiro atoms. The van der Waals surface area contributed by atoms with Crippen LogP contribution in [-0.4, -0.2) is 37.3 Å². The topological polar surface area (TPSA) is 74.7 Å². The first kappa shape index (κ1) is 14.8. The van der Waals surface area contributed by atoms with E-state index in [0.717, 1.165) is 12.1 Å². The third-order valence-electron chi connectivity index (χ3n) is 3.99. The average Bonchev–Trinajstić information content (AvgIpc) is 2.82. The van der Waals surface area contributed by atoms with Crippen LogP contribution in [0.25, 0.3) is 0 Å². The number of rotatable bonds is 4. The van der Waals surface area contributed by atoms with Gasteiger partial charge in [-0.15, -0.1) is 0 Å². The van der Waals surface area contributed by atoms with Crippen LogP contribution >= 0.6 is 0 Å². The number of carboxylic acid groups (broad SMARTS) is 1. The van der Waals surface area contributed by atoms with Gasteiger partial charge in [-0.1, -0.05) is 6.92 Å². The van der Waals surface area contributed by atoms with Crippen molar-refractivity contribution in [2.45, 2.75) is 37.1 Å². The zero-order valence-corrected chi connectivity index (χ0v) is 12.5. The Hall–Kier alpha value is -1.56. The lowest BCUT2D eigenvalue weighted by molar-refractivity contribution is -0.142. The molecule has 2 rings (SSSR count). The maximum Gasteiger partial charge on any atom is 0.329 e. The molecule has 1 fully saturated rings. The van der Waals surface area contributed by atoms with Crippen LogP contribution in [0.3, 0.4) is 0 Å². The van der Waals surface area contributed by atoms with Crippen molar-refractivity contribution in [3.63, 3.8) is 0 Å². The van der Waals surface area contributed by atoms with Crippen LogP contribution in [0.15, 0.2) is 29.2 Å². The van der Waals surface area contributed by atoms with Crippen LogP contribution in [-0.2, 0) is 14.6 Å². The summed E-state index contributed by atoms with van der Waals surface area (Å²) in [4.78, 5) is 13.6. The number of aliphatic carboxylic acids is 1. The molecule has 0 aliphatic carbocycles. The van der Waals surface area contributed by atoms with Crippen LogP contribution in [0.1, 0.15) is 26.7 Å². The molecule has 20 heavy (non-hydrogen) atoms. The largest absolute Gasteiger partial charge is 0.480 e. The van der Waals surface area contributed by atoms with E-state index < -0.39 is 21.3 Å². The smallest absolute Gasteiger partial charge is 0.329 e. The van der Waals surface area contributed by atoms with Gasteiger partial charge in [0.25, 0.3) is 0 Å². The van der Waals surface area contributed by atoms with E-state index in [1.165, 1.54) is 0 Å². The van der Waals surface area contributed by atoms with Gasteiger partial charge in [0.1, 0.15) is 5.54 Å². The SMILES string of the molecule is CCS(=O)(=O)c1ccc(N2CCCC2(C)C(=O)O)cc1. The predicted octanol–water partition coefficient (Wildman–Crippen LogP) is 1.92. The summed E-state index contributed by atoms with van der Waals surface area (Å²) in [5.41, 5.74) is -0.159. The van der Waals surface area contributed by atoms with Crippen molar-refractivity contribution < 1.29 is 18.3 Å². The van der Waals surface area contributed by atoms with E-state index in [0.29, 0.717) is 13.0 Å². The van der Waals surface area contributed by atoms with Crippen LogP contribution in [0.4, 0.5) is 5.69 Å². The molecule has 6 heteroatoms. The zero-order valence-electron chi connectivity index (χ0n) is 11.7. The maximum atomic E-state index is 11.8. The van der Waals surface area contributed by atoms with E-state index >= 15 is 0 Å². The second-order valence-corrected chi connectivity index (χ2v) is 7.51. The van der Waals surface area contributed by atoms with Crippen LogP contribution < -0.4 is 4.90 Å². The number of benzene rings is 1. The Bertz CT molecular complexity index is 609. The van der Waals surface area contributed by atoms with Crippen molar-refractivity contribution in [3.8, 4) is 0 Å². The van der Waals surface area contributed by atoms with Crippen molar-refractivity contribution in [1.82, 2.24) is 0 Å². The van der Waals surface area contributed by atoms with Crippen molar-refractivity contribution >= 4 is 21.5 Å². The Kier molecular flexibility index (Phi) is 3.77. The molecular weight excluding hydrogens is 278 g/mol. The van der Waals surface area contributed by atoms with Crippen molar-refractivity contribution in [2.75, 3.05) is 17.2 Å². The fraction of sp³-hybridized carbons (Fsp3) is 0.500. The van der Waals surface area contributed by atoms with Crippen LogP contribution in [0.5, 0.6) is 0 Å². The Labute approximate surface area is 119 Å². The summed E-state index contributed by atoms with van der Waals surface area (Å²) in [5, 5.41) is 9.39. The Balaban J connectivity index is 2.34. The molecule has 1 unspecified atom stereocenters. The zero-order chi connectivity index (χ0) is 15.0. The molecule has 1 atom stereocenters. The Morgan fingerprint density at radius 1 is 1.35 bits per heavy atom. The lowest BCUT2D eigenvalue weighted by atomic mass is 9.99. The average molecular weight is 297 g/mol. The molecule has 0 bridgehead atoms. The summed E-state index contributed by atoms with van der Waals surface area (Å²) in [6.45, 7) is 3.98. The van der Waals surface area contributed by atoms with Gasteiger partial charge in [-0.3, -0.25) is 0 Å². The molecule has 1 N–H and O–H groups in total. The molecule has 0 radical (unpaired) electrons. The summed E-state index contributed by atoms with van der Waals surface area (Å²) in [5.74, 6) is -0.789. The number of anilines is 1. The third kappa shape index (κ3) is 2.40. The molecule has 0 amide bonds. The van der Waals surface area contributed by atoms with E-state index in [2.05, 4.69) is 0 Å². The highest BCUT2D eigenvalue weighted by Crippen LogP contribution is 2.34. The van der Waals surface area contributed by atoms with Gasteiger partial charge in [0, 0.05) is 12.2 Å². The first-order valence-electron chi connectivity index (χ1n) is 6.65. The number of hydrogen-bond donors (Lipinski definition) is 1. The first-order valence-corrected chi connectivity index (χ1v) is 8.30. The quantitative estimate of drug-likeness (QED) is 0.919. The van der Waals surface area contributed by atoms with E-state index in [1.807, 2.05) is 4.90 Å². The standard InChI is InChI=1S/C14H19NO4S/c1-3-20(18,19)12-7-5-11(6-8-12)15-10-4-9-14(15,2)13(16)17/h5-8H,3-4,9-10H2,1-2H3,(H,16,17). The number of carbonyl (C=O) groups is 1. The van der Waals surface area contributed by atoms with Gasteiger partial charge in [-0.25, -0.2) is 13.2 Å². The van der Waals surface area contributed by atoms with Crippen LogP contribution in [0, 0.1) is 0 Å². The van der Waals surface area contributed by atoms with Crippen LogP contribution in [0.2, 0.25) is 0 Å². The molecular formula is C14H19NO4S. The van der Waals surface area contributed by atoms with E-state index in [4.69, 9.17) is 0 Å². The molecule has 1 aromatic rings. The lowest BCUT2D eigenvalue weighted by Gasteiger charge is -2.33. The minimum absolute atomic E-state index is 0.0584. The molecule has 1 heterocycles. The predicted molar refractivity (Wildman–Crippen MR) is 76.8 cm³/mol. The van der Waals surface area contributed by atoms with E-state index in [9.17, 15) is 18.3 Å². The normalized spacial score (nSPS) is 23.0. The van der Waals surface area contributed by atoms with Gasteiger partial charge in [0.05, 0.1) is 10.6 Å². The molecule has 1 aliphatic rings. The van der Waals surface area contributed by atoms with E-state index in [1.54, 1.807) is 38.1 Å². The van der Waals surface area contributed by atoms with Crippen molar-refractivity contribution in [1.29, 1.82) is 0 Å². The summed E-state index contributed by atoms with van der Waals surface area (Å²) < 4.78 is 23.5. The van der Waals surface area contributed by atoms with Gasteiger partial charge in [-0.2, -0.15) is 0 Å². The molecule has 1 saturated heterocycles. The van der Waals surface area contributed by atoms with Crippen molar-refractivity contribution in [3.05, 3.63) is 24.3 Å². The minimum Gasteiger partial charge on any atom is -0.480 e. The third-order valence-corrected chi connectivity index (χ3v) is 5.74. The summed E-state index contributed by atoms with van der Waals surface area (Å²) >= 11 is 0. The number of carboxylic acids is 1. The summed E-state index contributed by atoms with van der Waals surface area (Å²) in [7, 11) is -3.22. The van der Waals surface area contributed by atoms with Gasteiger partial charge < -0.3 is 10.0 Å². The molecule has 1 aliphatic heterocycles.